The summed E-state index contributed by atoms with van der Waals surface area (Å²) < 4.78 is 52.2. The predicted octanol–water partition coefficient (Wildman–Crippen LogP) is 3.75. The first kappa shape index (κ1) is 21.3. The lowest BCUT2D eigenvalue weighted by Crippen LogP contribution is -2.23. The van der Waals surface area contributed by atoms with E-state index in [4.69, 9.17) is 9.47 Å². The minimum Gasteiger partial charge on any atom is -0.490 e. The van der Waals surface area contributed by atoms with Crippen LogP contribution in [0.3, 0.4) is 0 Å². The van der Waals surface area contributed by atoms with Crippen LogP contribution in [-0.4, -0.2) is 36.9 Å². The molecule has 0 aliphatic carbocycles. The Morgan fingerprint density at radius 2 is 1.75 bits per heavy atom. The van der Waals surface area contributed by atoms with E-state index in [1.807, 2.05) is 13.8 Å². The van der Waals surface area contributed by atoms with Gasteiger partial charge in [0.25, 0.3) is 5.91 Å². The van der Waals surface area contributed by atoms with Gasteiger partial charge < -0.3 is 19.5 Å². The molecule has 0 fully saturated rings. The monoisotopic (exact) mass is 398 g/mol. The fourth-order valence-corrected chi connectivity index (χ4v) is 2.27. The Labute approximate surface area is 160 Å². The summed E-state index contributed by atoms with van der Waals surface area (Å²) in [6, 6.07) is 7.75. The highest BCUT2D eigenvalue weighted by Gasteiger charge is 2.28. The normalized spacial score (nSPS) is 11.0. The van der Waals surface area contributed by atoms with E-state index < -0.39 is 12.8 Å². The third-order valence-electron chi connectivity index (χ3n) is 3.44. The molecule has 1 amide bonds. The number of halogens is 3. The van der Waals surface area contributed by atoms with Crippen molar-refractivity contribution in [1.82, 2.24) is 10.3 Å². The summed E-state index contributed by atoms with van der Waals surface area (Å²) in [7, 11) is 0. The summed E-state index contributed by atoms with van der Waals surface area (Å²) in [6.07, 6.45) is -3.13. The van der Waals surface area contributed by atoms with E-state index in [9.17, 15) is 18.0 Å². The number of pyridine rings is 1. The molecule has 9 heteroatoms. The number of hydrogen-bond donors (Lipinski definition) is 1. The third kappa shape index (κ3) is 6.64. The summed E-state index contributed by atoms with van der Waals surface area (Å²) in [6.45, 7) is 3.22. The molecule has 2 rings (SSSR count). The molecule has 0 radical (unpaired) electrons. The van der Waals surface area contributed by atoms with Gasteiger partial charge in [-0.25, -0.2) is 4.98 Å². The Balaban J connectivity index is 2.01. The minimum atomic E-state index is -4.45. The number of nitrogens with zero attached hydrogens (tertiary/aromatic N) is 1. The Morgan fingerprint density at radius 1 is 1.04 bits per heavy atom. The molecular weight excluding hydrogens is 377 g/mol. The molecule has 1 aromatic heterocycles. The van der Waals surface area contributed by atoms with E-state index in [1.54, 1.807) is 24.3 Å². The number of carbonyl (C=O) groups excluding carboxylic acids is 1. The van der Waals surface area contributed by atoms with Gasteiger partial charge >= 0.3 is 6.18 Å². The largest absolute Gasteiger partial charge is 0.490 e. The number of aromatic nitrogens is 1. The molecule has 6 nitrogen and oxygen atoms in total. The molecule has 0 aliphatic rings. The number of alkyl halides is 3. The minimum absolute atomic E-state index is 0.0981. The van der Waals surface area contributed by atoms with Crippen LogP contribution in [0.5, 0.6) is 17.4 Å². The Kier molecular flexibility index (Phi) is 7.48. The van der Waals surface area contributed by atoms with Gasteiger partial charge in [-0.3, -0.25) is 4.79 Å². The van der Waals surface area contributed by atoms with E-state index in [1.165, 1.54) is 12.3 Å². The Bertz CT molecular complexity index is 797. The molecule has 0 unspecified atom stereocenters. The van der Waals surface area contributed by atoms with Crippen molar-refractivity contribution in [3.8, 4) is 17.4 Å². The van der Waals surface area contributed by atoms with Gasteiger partial charge in [-0.2, -0.15) is 13.2 Å². The highest BCUT2D eigenvalue weighted by atomic mass is 19.4. The lowest BCUT2D eigenvalue weighted by molar-refractivity contribution is -0.154. The molecule has 28 heavy (non-hydrogen) atoms. The highest BCUT2D eigenvalue weighted by Crippen LogP contribution is 2.28. The molecule has 0 atom stereocenters. The third-order valence-corrected chi connectivity index (χ3v) is 3.44. The van der Waals surface area contributed by atoms with E-state index in [2.05, 4.69) is 15.0 Å². The second-order valence-electron chi connectivity index (χ2n) is 5.62. The Hall–Kier alpha value is -2.97. The summed E-state index contributed by atoms with van der Waals surface area (Å²) >= 11 is 0. The predicted molar refractivity (Wildman–Crippen MR) is 95.7 cm³/mol. The van der Waals surface area contributed by atoms with E-state index in [0.717, 1.165) is 0 Å². The fourth-order valence-electron chi connectivity index (χ4n) is 2.27. The molecule has 2 aromatic rings. The van der Waals surface area contributed by atoms with E-state index >= 15 is 0 Å². The number of benzene rings is 1. The number of nitrogens with one attached hydrogen (secondary N) is 1. The number of amides is 1. The maximum Gasteiger partial charge on any atom is 0.422 e. The van der Waals surface area contributed by atoms with Crippen LogP contribution in [0.4, 0.5) is 13.2 Å². The van der Waals surface area contributed by atoms with Crippen molar-refractivity contribution in [3.05, 3.63) is 47.7 Å². The lowest BCUT2D eigenvalue weighted by Gasteiger charge is -2.13. The zero-order chi connectivity index (χ0) is 20.6. The van der Waals surface area contributed by atoms with Crippen LogP contribution in [0, 0.1) is 0 Å². The molecule has 0 spiro atoms. The topological polar surface area (TPSA) is 69.7 Å². The summed E-state index contributed by atoms with van der Waals surface area (Å²) in [5, 5.41) is 2.69. The van der Waals surface area contributed by atoms with Crippen molar-refractivity contribution in [2.24, 2.45) is 0 Å². The van der Waals surface area contributed by atoms with Crippen molar-refractivity contribution < 1.29 is 32.2 Å². The highest BCUT2D eigenvalue weighted by molar-refractivity contribution is 5.94. The molecule has 0 bridgehead atoms. The van der Waals surface area contributed by atoms with Gasteiger partial charge in [0.05, 0.1) is 13.2 Å². The zero-order valence-corrected chi connectivity index (χ0v) is 15.5. The molecule has 1 aromatic carbocycles. The maximum atomic E-state index is 12.4. The van der Waals surface area contributed by atoms with Crippen LogP contribution in [0.2, 0.25) is 0 Å². The van der Waals surface area contributed by atoms with Gasteiger partial charge in [-0.1, -0.05) is 0 Å². The van der Waals surface area contributed by atoms with Crippen molar-refractivity contribution >= 4 is 5.91 Å². The quantitative estimate of drug-likeness (QED) is 0.697. The second-order valence-corrected chi connectivity index (χ2v) is 5.62. The van der Waals surface area contributed by atoms with Crippen LogP contribution in [0.25, 0.3) is 0 Å². The molecule has 0 aliphatic heterocycles. The first-order valence-electron chi connectivity index (χ1n) is 8.64. The Morgan fingerprint density at radius 3 is 2.43 bits per heavy atom. The number of hydrogen-bond acceptors (Lipinski definition) is 5. The van der Waals surface area contributed by atoms with Crippen LogP contribution < -0.4 is 19.5 Å². The number of carbonyl (C=O) groups is 1. The maximum absolute atomic E-state index is 12.4. The molecule has 0 saturated heterocycles. The van der Waals surface area contributed by atoms with E-state index in [0.29, 0.717) is 35.8 Å². The first-order chi connectivity index (χ1) is 13.3. The van der Waals surface area contributed by atoms with Crippen molar-refractivity contribution in [1.29, 1.82) is 0 Å². The van der Waals surface area contributed by atoms with Crippen LogP contribution in [-0.2, 0) is 6.54 Å². The zero-order valence-electron chi connectivity index (χ0n) is 15.5. The molecule has 1 heterocycles. The average Bonchev–Trinajstić information content (AvgIpc) is 2.66. The SMILES string of the molecule is CCOc1ccc(C(=O)NCc2ccnc(OCC(F)(F)F)c2)cc1OCC. The van der Waals surface area contributed by atoms with Crippen molar-refractivity contribution in [2.75, 3.05) is 19.8 Å². The van der Waals surface area contributed by atoms with Crippen LogP contribution in [0.15, 0.2) is 36.5 Å². The van der Waals surface area contributed by atoms with Gasteiger partial charge in [0, 0.05) is 24.4 Å². The average molecular weight is 398 g/mol. The smallest absolute Gasteiger partial charge is 0.422 e. The van der Waals surface area contributed by atoms with E-state index in [-0.39, 0.29) is 18.3 Å². The molecule has 152 valence electrons. The molecule has 1 N–H and O–H groups in total. The first-order valence-corrected chi connectivity index (χ1v) is 8.64. The van der Waals surface area contributed by atoms with Crippen LogP contribution >= 0.6 is 0 Å². The van der Waals surface area contributed by atoms with Crippen molar-refractivity contribution in [2.45, 2.75) is 26.6 Å². The second kappa shape index (κ2) is 9.82. The number of rotatable bonds is 9. The molecular formula is C19H21F3N2O4. The summed E-state index contributed by atoms with van der Waals surface area (Å²) in [5.74, 6) is 0.479. The summed E-state index contributed by atoms with van der Waals surface area (Å²) in [4.78, 5) is 16.1. The van der Waals surface area contributed by atoms with Gasteiger partial charge in [-0.15, -0.1) is 0 Å². The lowest BCUT2D eigenvalue weighted by atomic mass is 10.1. The summed E-state index contributed by atoms with van der Waals surface area (Å²) in [5.41, 5.74) is 0.922. The van der Waals surface area contributed by atoms with Gasteiger partial charge in [0.15, 0.2) is 18.1 Å². The fraction of sp³-hybridized carbons (Fsp3) is 0.368. The van der Waals surface area contributed by atoms with Gasteiger partial charge in [-0.05, 0) is 43.7 Å². The van der Waals surface area contributed by atoms with Gasteiger partial charge in [0.1, 0.15) is 0 Å². The van der Waals surface area contributed by atoms with Gasteiger partial charge in [0.2, 0.25) is 5.88 Å². The van der Waals surface area contributed by atoms with Crippen LogP contribution in [0.1, 0.15) is 29.8 Å². The molecule has 0 saturated carbocycles. The van der Waals surface area contributed by atoms with Crippen molar-refractivity contribution in [3.63, 3.8) is 0 Å². The standard InChI is InChI=1S/C19H21F3N2O4/c1-3-26-15-6-5-14(10-16(15)27-4-2)18(25)24-11-13-7-8-23-17(9-13)28-12-19(20,21)22/h5-10H,3-4,11-12H2,1-2H3,(H,24,25). The number of ether oxygens (including phenoxy) is 3.